The molecule has 18 nitrogen and oxygen atoms in total. The van der Waals surface area contributed by atoms with Crippen molar-refractivity contribution in [1.29, 1.82) is 0 Å². The number of benzene rings is 3. The number of methoxy groups -OCH3 is 1. The van der Waals surface area contributed by atoms with Crippen molar-refractivity contribution >= 4 is 99.7 Å². The third-order valence-electron chi connectivity index (χ3n) is 8.53. The number of halogens is 4. The summed E-state index contributed by atoms with van der Waals surface area (Å²) in [6.45, 7) is 7.88. The summed E-state index contributed by atoms with van der Waals surface area (Å²) in [4.78, 5) is 63.7. The molecule has 4 aromatic rings. The average molecular weight is 1060 g/mol. The fraction of sp³-hybridized carbons (Fsp3) is 0.419. The van der Waals surface area contributed by atoms with Crippen molar-refractivity contribution < 1.29 is 57.4 Å². The van der Waals surface area contributed by atoms with E-state index in [1.54, 1.807) is 62.5 Å². The SMILES string of the molecule is CC1(C)OC(c2ccco2)CN1C(=O)C(Cl)Cl.CCc1cccc(CC)c1N(COC)C(=O)CCl.C[S+](C)C.Nc1c([N+](=O)[O-])ccc(Oc2ccccc2)c1Cl.O=C(O)CNCP(=O)([O-])O. The minimum atomic E-state index is -4.35. The summed E-state index contributed by atoms with van der Waals surface area (Å²) in [6.07, 6.45) is 8.91. The lowest BCUT2D eigenvalue weighted by molar-refractivity contribution is -0.383. The molecule has 2 heterocycles. The zero-order valence-corrected chi connectivity index (χ0v) is 43.0. The van der Waals surface area contributed by atoms with Crippen LogP contribution in [0.3, 0.4) is 0 Å². The van der Waals surface area contributed by atoms with Crippen molar-refractivity contribution in [2.45, 2.75) is 57.2 Å². The number of nitrogens with zero attached hydrogens (tertiary/aromatic N) is 3. The predicted molar refractivity (Wildman–Crippen MR) is 264 cm³/mol. The first-order valence-corrected chi connectivity index (χ1v) is 26.0. The van der Waals surface area contributed by atoms with Gasteiger partial charge in [-0.05, 0) is 79.0 Å². The first-order chi connectivity index (χ1) is 31.3. The number of nitrogens with one attached hydrogen (secondary N) is 1. The molecule has 0 saturated carbocycles. The van der Waals surface area contributed by atoms with Gasteiger partial charge in [0.1, 0.15) is 60.0 Å². The first kappa shape index (κ1) is 60.9. The second kappa shape index (κ2) is 30.4. The van der Waals surface area contributed by atoms with Crippen LogP contribution in [0, 0.1) is 10.1 Å². The maximum atomic E-state index is 12.0. The number of rotatable bonds is 15. The maximum Gasteiger partial charge on any atom is 0.317 e. The molecule has 2 unspecified atom stereocenters. The number of nitrogen functional groups attached to an aromatic ring is 1. The Morgan fingerprint density at radius 1 is 1.04 bits per heavy atom. The topological polar surface area (TPSA) is 260 Å². The lowest BCUT2D eigenvalue weighted by Gasteiger charge is -2.29. The van der Waals surface area contributed by atoms with E-state index in [9.17, 15) is 34.0 Å². The molecule has 0 spiro atoms. The number of nitrogens with two attached hydrogens (primary N) is 1. The Hall–Kier alpha value is -4.11. The molecule has 1 saturated heterocycles. The molecule has 5 rings (SSSR count). The third kappa shape index (κ3) is 21.8. The molecule has 2 amide bonds. The molecule has 0 aliphatic carbocycles. The number of aryl methyl sites for hydroxylation is 2. The lowest BCUT2D eigenvalue weighted by atomic mass is 10.0. The number of aliphatic carboxylic acids is 1. The van der Waals surface area contributed by atoms with E-state index in [0.717, 1.165) is 29.7 Å². The second-order valence-electron chi connectivity index (χ2n) is 14.6. The Labute approximate surface area is 413 Å². The van der Waals surface area contributed by atoms with Crippen LogP contribution in [-0.2, 0) is 52.2 Å². The van der Waals surface area contributed by atoms with E-state index < -0.39 is 41.9 Å². The van der Waals surface area contributed by atoms with Gasteiger partial charge in [-0.1, -0.05) is 85.0 Å². The van der Waals surface area contributed by atoms with E-state index >= 15 is 0 Å². The van der Waals surface area contributed by atoms with Crippen LogP contribution in [0.2, 0.25) is 5.02 Å². The fourth-order valence-electron chi connectivity index (χ4n) is 5.68. The number of para-hydroxylation sites is 2. The number of ether oxygens (including phenoxy) is 3. The van der Waals surface area contributed by atoms with Gasteiger partial charge in [-0.15, -0.1) is 11.6 Å². The Morgan fingerprint density at radius 3 is 2.07 bits per heavy atom. The largest absolute Gasteiger partial charge is 0.778 e. The first-order valence-electron chi connectivity index (χ1n) is 20.0. The molecule has 5 N–H and O–H groups in total. The van der Waals surface area contributed by atoms with Gasteiger partial charge in [0.25, 0.3) is 11.6 Å². The highest BCUT2D eigenvalue weighted by atomic mass is 35.5. The van der Waals surface area contributed by atoms with Gasteiger partial charge in [-0.25, -0.2) is 0 Å². The predicted octanol–water partition coefficient (Wildman–Crippen LogP) is 7.99. The van der Waals surface area contributed by atoms with Gasteiger partial charge in [0, 0.05) is 13.2 Å². The highest BCUT2D eigenvalue weighted by Gasteiger charge is 2.45. The highest BCUT2D eigenvalue weighted by Crippen LogP contribution is 2.39. The number of carbonyl (C=O) groups excluding carboxylic acids is 2. The van der Waals surface area contributed by atoms with Crippen LogP contribution in [0.25, 0.3) is 0 Å². The molecule has 24 heteroatoms. The summed E-state index contributed by atoms with van der Waals surface area (Å²) in [5, 5.41) is 20.7. The normalized spacial score (nSPS) is 14.4. The van der Waals surface area contributed by atoms with Gasteiger partial charge in [0.2, 0.25) is 5.91 Å². The van der Waals surface area contributed by atoms with E-state index in [-0.39, 0.29) is 52.7 Å². The Balaban J connectivity index is 0.000000442. The number of carboxylic acid groups (broad SMARTS) is 1. The van der Waals surface area contributed by atoms with Crippen molar-refractivity contribution in [3.05, 3.63) is 111 Å². The van der Waals surface area contributed by atoms with Crippen molar-refractivity contribution in [3.63, 3.8) is 0 Å². The summed E-state index contributed by atoms with van der Waals surface area (Å²) in [6, 6.07) is 21.3. The molecule has 1 aliphatic heterocycles. The van der Waals surface area contributed by atoms with E-state index in [2.05, 4.69) is 32.6 Å². The third-order valence-corrected chi connectivity index (χ3v) is 10.1. The Bertz CT molecular complexity index is 2180. The van der Waals surface area contributed by atoms with Crippen LogP contribution < -0.4 is 25.6 Å². The number of furan rings is 1. The number of hydrogen-bond donors (Lipinski definition) is 4. The number of hydrogen-bond acceptors (Lipinski definition) is 13. The van der Waals surface area contributed by atoms with Crippen LogP contribution in [0.15, 0.2) is 83.5 Å². The maximum absolute atomic E-state index is 12.0. The van der Waals surface area contributed by atoms with Crippen molar-refractivity contribution in [2.75, 3.05) is 68.5 Å². The minimum Gasteiger partial charge on any atom is -0.778 e. The van der Waals surface area contributed by atoms with Crippen LogP contribution in [0.4, 0.5) is 17.1 Å². The van der Waals surface area contributed by atoms with Gasteiger partial charge in [0.15, 0.2) is 4.84 Å². The standard InChI is InChI=1S/C14H20ClNO2.C12H9ClN2O3.C11H13Cl2NO3.C3H8NO5P.C3H9S/c1-4-11-7-6-8-12(5-2)14(11)16(10-18-3)13(17)9-15;13-11-10(18-8-4-2-1-3-5-8)7-6-9(12(11)14)15(16)17;1-11(2)14(10(15)9(12)13)6-8(17-11)7-4-3-5-16-7;5-3(6)1-4-2-10(7,8)9;1-4(2)3/h6-8H,4-5,9-10H2,1-3H3;1-7H,14H2;3-5,8-9H,6H2,1-2H3;4H,1-2H2,(H,5,6)(H2,7,8,9);1-3H3/q;;;;+1/p-1. The Morgan fingerprint density at radius 2 is 1.63 bits per heavy atom. The molecule has 1 fully saturated rings. The number of anilines is 2. The lowest BCUT2D eigenvalue weighted by Crippen LogP contribution is -2.45. The summed E-state index contributed by atoms with van der Waals surface area (Å²) in [5.41, 5.74) is 7.75. The number of carboxylic acids is 1. The summed E-state index contributed by atoms with van der Waals surface area (Å²) >= 11 is 22.8. The summed E-state index contributed by atoms with van der Waals surface area (Å²) in [7, 11) is -2.13. The quantitative estimate of drug-likeness (QED) is 0.0167. The summed E-state index contributed by atoms with van der Waals surface area (Å²) in [5.74, 6) is -0.146. The fourth-order valence-corrected chi connectivity index (χ4v) is 6.65. The van der Waals surface area contributed by atoms with Gasteiger partial charge < -0.3 is 48.7 Å². The van der Waals surface area contributed by atoms with E-state index in [1.807, 2.05) is 35.6 Å². The molecule has 372 valence electrons. The molecule has 2 atom stereocenters. The van der Waals surface area contributed by atoms with Crippen molar-refractivity contribution in [3.8, 4) is 11.5 Å². The number of carbonyl (C=O) groups is 3. The zero-order chi connectivity index (χ0) is 51.1. The van der Waals surface area contributed by atoms with Crippen molar-refractivity contribution in [2.24, 2.45) is 0 Å². The van der Waals surface area contributed by atoms with Gasteiger partial charge in [-0.3, -0.25) is 34.7 Å². The van der Waals surface area contributed by atoms with Gasteiger partial charge in [0.05, 0.1) is 55.0 Å². The number of amides is 2. The number of nitro benzene ring substituents is 1. The van der Waals surface area contributed by atoms with Crippen LogP contribution in [0.1, 0.15) is 50.7 Å². The number of alkyl halides is 3. The number of nitro groups is 1. The zero-order valence-electron chi connectivity index (χ0n) is 38.3. The molecular formula is C43H58Cl4N5O13PS. The smallest absolute Gasteiger partial charge is 0.317 e. The van der Waals surface area contributed by atoms with Gasteiger partial charge >= 0.3 is 5.97 Å². The molecule has 0 bridgehead atoms. The molecular weight excluding hydrogens is 999 g/mol. The highest BCUT2D eigenvalue weighted by molar-refractivity contribution is 7.94. The molecule has 1 aliphatic rings. The minimum absolute atomic E-state index is 0.0352. The second-order valence-corrected chi connectivity index (χ2v) is 20.4. The van der Waals surface area contributed by atoms with E-state index in [4.69, 9.17) is 80.8 Å². The monoisotopic (exact) mass is 1060 g/mol. The molecule has 3 aromatic carbocycles. The average Bonchev–Trinajstić information content (AvgIpc) is 3.91. The van der Waals surface area contributed by atoms with Crippen LogP contribution in [-0.4, -0.2) is 106 Å². The van der Waals surface area contributed by atoms with Gasteiger partial charge in [-0.2, -0.15) is 0 Å². The molecule has 1 aromatic heterocycles. The molecule has 0 radical (unpaired) electrons. The van der Waals surface area contributed by atoms with Crippen molar-refractivity contribution in [1.82, 2.24) is 10.2 Å². The van der Waals surface area contributed by atoms with E-state index in [1.165, 1.54) is 17.0 Å². The summed E-state index contributed by atoms with van der Waals surface area (Å²) < 4.78 is 31.6. The van der Waals surface area contributed by atoms with E-state index in [0.29, 0.717) is 28.9 Å². The Kier molecular flexibility index (Phi) is 27.6. The van der Waals surface area contributed by atoms with Crippen LogP contribution in [0.5, 0.6) is 11.5 Å². The van der Waals surface area contributed by atoms with Crippen LogP contribution >= 0.6 is 54.0 Å². The molecule has 67 heavy (non-hydrogen) atoms.